The third-order valence-corrected chi connectivity index (χ3v) is 4.37. The second-order valence-electron chi connectivity index (χ2n) is 6.14. The van der Waals surface area contributed by atoms with Crippen molar-refractivity contribution in [3.63, 3.8) is 0 Å². The summed E-state index contributed by atoms with van der Waals surface area (Å²) in [7, 11) is 0. The molecule has 2 N–H and O–H groups in total. The Kier molecular flexibility index (Phi) is 3.29. The van der Waals surface area contributed by atoms with E-state index in [9.17, 15) is 0 Å². The summed E-state index contributed by atoms with van der Waals surface area (Å²) in [6, 6.07) is 9.96. The first kappa shape index (κ1) is 14.8. The van der Waals surface area contributed by atoms with Crippen LogP contribution in [-0.2, 0) is 13.1 Å². The molecule has 5 heterocycles. The minimum Gasteiger partial charge on any atom is -0.326 e. The van der Waals surface area contributed by atoms with Crippen molar-refractivity contribution < 1.29 is 0 Å². The van der Waals surface area contributed by atoms with Gasteiger partial charge in [-0.3, -0.25) is 4.40 Å². The number of rotatable bonds is 4. The molecule has 128 valence electrons. The number of imidazole rings is 2. The molecule has 0 aromatic carbocycles. The maximum Gasteiger partial charge on any atom is 0.137 e. The Bertz CT molecular complexity index is 1210. The predicted octanol–water partition coefficient (Wildman–Crippen LogP) is 1.75. The average Bonchev–Trinajstić information content (AvgIpc) is 3.39. The van der Waals surface area contributed by atoms with Gasteiger partial charge in [-0.15, -0.1) is 5.10 Å². The zero-order chi connectivity index (χ0) is 17.5. The Morgan fingerprint density at radius 3 is 2.92 bits per heavy atom. The molecule has 0 radical (unpaired) electrons. The number of nitrogens with two attached hydrogens (primary N) is 1. The molecule has 5 rings (SSSR count). The van der Waals surface area contributed by atoms with Crippen molar-refractivity contribution in [2.45, 2.75) is 13.1 Å². The Morgan fingerprint density at radius 1 is 1.04 bits per heavy atom. The summed E-state index contributed by atoms with van der Waals surface area (Å²) in [5.74, 6) is 0. The fourth-order valence-electron chi connectivity index (χ4n) is 3.10. The van der Waals surface area contributed by atoms with Gasteiger partial charge in [0.05, 0.1) is 42.2 Å². The lowest BCUT2D eigenvalue weighted by Crippen LogP contribution is -2.00. The Balaban J connectivity index is 1.46. The number of nitrogens with zero attached hydrogens (tertiary/aromatic N) is 7. The molecule has 0 atom stereocenters. The van der Waals surface area contributed by atoms with Crippen LogP contribution < -0.4 is 5.73 Å². The first-order valence-corrected chi connectivity index (χ1v) is 8.28. The van der Waals surface area contributed by atoms with Crippen LogP contribution in [0.3, 0.4) is 0 Å². The third kappa shape index (κ3) is 2.44. The molecule has 0 saturated carbocycles. The molecule has 5 aromatic rings. The zero-order valence-electron chi connectivity index (χ0n) is 13.9. The third-order valence-electron chi connectivity index (χ3n) is 4.37. The molecule has 0 spiro atoms. The van der Waals surface area contributed by atoms with Gasteiger partial charge in [0, 0.05) is 18.9 Å². The van der Waals surface area contributed by atoms with Gasteiger partial charge in [0.25, 0.3) is 0 Å². The van der Waals surface area contributed by atoms with Crippen molar-refractivity contribution in [2.75, 3.05) is 0 Å². The highest BCUT2D eigenvalue weighted by molar-refractivity contribution is 5.60. The Hall–Kier alpha value is -3.52. The van der Waals surface area contributed by atoms with Crippen LogP contribution in [0.15, 0.2) is 61.4 Å². The molecule has 0 aliphatic rings. The molecule has 8 nitrogen and oxygen atoms in total. The van der Waals surface area contributed by atoms with E-state index in [4.69, 9.17) is 5.73 Å². The van der Waals surface area contributed by atoms with Gasteiger partial charge in [0.2, 0.25) is 0 Å². The van der Waals surface area contributed by atoms with Gasteiger partial charge in [-0.25, -0.2) is 14.6 Å². The van der Waals surface area contributed by atoms with Crippen LogP contribution in [-0.4, -0.2) is 33.8 Å². The first-order valence-electron chi connectivity index (χ1n) is 8.28. The largest absolute Gasteiger partial charge is 0.326 e. The van der Waals surface area contributed by atoms with E-state index < -0.39 is 0 Å². The first-order chi connectivity index (χ1) is 12.8. The van der Waals surface area contributed by atoms with Gasteiger partial charge in [-0.2, -0.15) is 0 Å². The molecular formula is C18H16N8. The highest BCUT2D eigenvalue weighted by Gasteiger charge is 2.10. The lowest BCUT2D eigenvalue weighted by Gasteiger charge is -2.00. The smallest absolute Gasteiger partial charge is 0.137 e. The van der Waals surface area contributed by atoms with Crippen LogP contribution in [0.2, 0.25) is 0 Å². The summed E-state index contributed by atoms with van der Waals surface area (Å²) in [5, 5.41) is 8.55. The molecule has 0 amide bonds. The summed E-state index contributed by atoms with van der Waals surface area (Å²) in [6.07, 6.45) is 9.51. The van der Waals surface area contributed by atoms with E-state index >= 15 is 0 Å². The average molecular weight is 344 g/mol. The molecule has 0 aliphatic heterocycles. The molecular weight excluding hydrogens is 328 g/mol. The SMILES string of the molecule is NCc1ccc2nc(Cn3cc(-c4cccc5cncn45)nn3)cn2c1. The van der Waals surface area contributed by atoms with Crippen molar-refractivity contribution in [2.24, 2.45) is 5.73 Å². The van der Waals surface area contributed by atoms with Crippen LogP contribution in [0.25, 0.3) is 22.6 Å². The van der Waals surface area contributed by atoms with Gasteiger partial charge >= 0.3 is 0 Å². The highest BCUT2D eigenvalue weighted by Crippen LogP contribution is 2.18. The maximum atomic E-state index is 5.70. The molecule has 0 aliphatic carbocycles. The highest BCUT2D eigenvalue weighted by atomic mass is 15.4. The van der Waals surface area contributed by atoms with Gasteiger partial charge in [0.15, 0.2) is 0 Å². The van der Waals surface area contributed by atoms with E-state index in [1.807, 2.05) is 63.9 Å². The standard InChI is InChI=1S/C18H16N8/c19-6-13-4-5-18-21-14(9-24(18)8-13)10-25-11-16(22-23-25)17-3-1-2-15-7-20-12-26(15)17/h1-5,7-9,11-12H,6,10,19H2. The van der Waals surface area contributed by atoms with Crippen molar-refractivity contribution in [3.05, 3.63) is 72.7 Å². The maximum absolute atomic E-state index is 5.70. The van der Waals surface area contributed by atoms with Crippen molar-refractivity contribution >= 4 is 11.2 Å². The number of hydrogen-bond acceptors (Lipinski definition) is 5. The summed E-state index contributed by atoms with van der Waals surface area (Å²) < 4.78 is 5.77. The Labute approximate surface area is 148 Å². The second-order valence-corrected chi connectivity index (χ2v) is 6.14. The quantitative estimate of drug-likeness (QED) is 0.536. The van der Waals surface area contributed by atoms with Gasteiger partial charge in [0.1, 0.15) is 11.3 Å². The molecule has 26 heavy (non-hydrogen) atoms. The van der Waals surface area contributed by atoms with Crippen LogP contribution in [0.1, 0.15) is 11.3 Å². The molecule has 8 heteroatoms. The minimum atomic E-state index is 0.510. The van der Waals surface area contributed by atoms with Crippen molar-refractivity contribution in [1.82, 2.24) is 33.8 Å². The van der Waals surface area contributed by atoms with Crippen molar-refractivity contribution in [1.29, 1.82) is 0 Å². The van der Waals surface area contributed by atoms with E-state index in [1.54, 1.807) is 11.0 Å². The normalized spacial score (nSPS) is 11.6. The van der Waals surface area contributed by atoms with Gasteiger partial charge in [-0.05, 0) is 23.8 Å². The molecule has 5 aromatic heterocycles. The van der Waals surface area contributed by atoms with E-state index in [-0.39, 0.29) is 0 Å². The summed E-state index contributed by atoms with van der Waals surface area (Å²) in [4.78, 5) is 8.81. The lowest BCUT2D eigenvalue weighted by molar-refractivity contribution is 0.641. The van der Waals surface area contributed by atoms with Gasteiger partial charge < -0.3 is 10.1 Å². The topological polar surface area (TPSA) is 91.3 Å². The number of pyridine rings is 2. The van der Waals surface area contributed by atoms with Crippen LogP contribution in [0.4, 0.5) is 0 Å². The molecule has 0 saturated heterocycles. The molecule has 0 fully saturated rings. The van der Waals surface area contributed by atoms with E-state index in [0.717, 1.165) is 33.8 Å². The zero-order valence-corrected chi connectivity index (χ0v) is 13.9. The summed E-state index contributed by atoms with van der Waals surface area (Å²) in [5.41, 5.74) is 11.3. The van der Waals surface area contributed by atoms with E-state index in [0.29, 0.717) is 13.1 Å². The minimum absolute atomic E-state index is 0.510. The van der Waals surface area contributed by atoms with Gasteiger partial charge in [-0.1, -0.05) is 17.3 Å². The molecule has 0 unspecified atom stereocenters. The predicted molar refractivity (Wildman–Crippen MR) is 96.4 cm³/mol. The number of fused-ring (bicyclic) bond motifs is 2. The van der Waals surface area contributed by atoms with E-state index in [1.165, 1.54) is 0 Å². The van der Waals surface area contributed by atoms with Crippen LogP contribution >= 0.6 is 0 Å². The van der Waals surface area contributed by atoms with E-state index in [2.05, 4.69) is 20.3 Å². The lowest BCUT2D eigenvalue weighted by atomic mass is 10.2. The van der Waals surface area contributed by atoms with Crippen LogP contribution in [0.5, 0.6) is 0 Å². The fourth-order valence-corrected chi connectivity index (χ4v) is 3.10. The fraction of sp³-hybridized carbons (Fsp3) is 0.111. The Morgan fingerprint density at radius 2 is 2.00 bits per heavy atom. The monoisotopic (exact) mass is 344 g/mol. The van der Waals surface area contributed by atoms with Crippen molar-refractivity contribution in [3.8, 4) is 11.4 Å². The number of hydrogen-bond donors (Lipinski definition) is 1. The summed E-state index contributed by atoms with van der Waals surface area (Å²) >= 11 is 0. The number of aromatic nitrogens is 7. The molecule has 0 bridgehead atoms. The van der Waals surface area contributed by atoms with Crippen LogP contribution in [0, 0.1) is 0 Å². The second kappa shape index (κ2) is 5.78. The summed E-state index contributed by atoms with van der Waals surface area (Å²) in [6.45, 7) is 1.06.